The summed E-state index contributed by atoms with van der Waals surface area (Å²) in [5.41, 5.74) is 1.86. The van der Waals surface area contributed by atoms with Gasteiger partial charge in [0.25, 0.3) is 0 Å². The first-order chi connectivity index (χ1) is 15.1. The molecule has 0 bridgehead atoms. The normalized spacial score (nSPS) is 12.1. The van der Waals surface area contributed by atoms with Gasteiger partial charge in [-0.05, 0) is 42.3 Å². The highest BCUT2D eigenvalue weighted by molar-refractivity contribution is 7.80. The van der Waals surface area contributed by atoms with Crippen LogP contribution in [0.25, 0.3) is 10.4 Å². The lowest BCUT2D eigenvalue weighted by Gasteiger charge is -2.07. The second-order valence-electron chi connectivity index (χ2n) is 7.02. The smallest absolute Gasteiger partial charge is 0.416 e. The van der Waals surface area contributed by atoms with Crippen LogP contribution in [-0.2, 0) is 12.6 Å². The highest BCUT2D eigenvalue weighted by atomic mass is 32.1. The number of benzene rings is 2. The van der Waals surface area contributed by atoms with Crippen molar-refractivity contribution >= 4 is 40.1 Å². The number of carboxylic acid groups (broad SMARTS) is 1. The molecule has 1 aromatic heterocycles. The Hall–Kier alpha value is -3.04. The Kier molecular flexibility index (Phi) is 7.10. The van der Waals surface area contributed by atoms with Gasteiger partial charge in [0.2, 0.25) is 0 Å². The third kappa shape index (κ3) is 5.60. The van der Waals surface area contributed by atoms with E-state index in [9.17, 15) is 23.1 Å². The molecule has 1 heterocycles. The lowest BCUT2D eigenvalue weighted by Crippen LogP contribution is -2.07. The first kappa shape index (κ1) is 23.6. The van der Waals surface area contributed by atoms with Gasteiger partial charge in [-0.3, -0.25) is 4.99 Å². The van der Waals surface area contributed by atoms with E-state index in [1.165, 1.54) is 35.6 Å². The number of hydrogen-bond donors (Lipinski definition) is 2. The van der Waals surface area contributed by atoms with E-state index in [1.54, 1.807) is 24.4 Å². The monoisotopic (exact) mass is 477 g/mol. The van der Waals surface area contributed by atoms with Gasteiger partial charge in [0, 0.05) is 27.9 Å². The lowest BCUT2D eigenvalue weighted by atomic mass is 10.1. The lowest BCUT2D eigenvalue weighted by molar-refractivity contribution is -0.137. The quantitative estimate of drug-likeness (QED) is 0.311. The fraction of sp³-hybridized carbons (Fsp3) is 0.174. The van der Waals surface area contributed by atoms with Crippen molar-refractivity contribution in [3.8, 4) is 16.2 Å². The van der Waals surface area contributed by atoms with Crippen LogP contribution < -0.4 is 0 Å². The van der Waals surface area contributed by atoms with Gasteiger partial charge in [-0.25, -0.2) is 4.79 Å². The number of carboxylic acids is 1. The van der Waals surface area contributed by atoms with E-state index in [4.69, 9.17) is 17.3 Å². The summed E-state index contributed by atoms with van der Waals surface area (Å²) in [6.45, 7) is 1.97. The third-order valence-electron chi connectivity index (χ3n) is 4.72. The predicted molar refractivity (Wildman–Crippen MR) is 123 cm³/mol. The Labute approximate surface area is 191 Å². The Bertz CT molecular complexity index is 1160. The van der Waals surface area contributed by atoms with Crippen molar-refractivity contribution in [1.29, 1.82) is 0 Å². The van der Waals surface area contributed by atoms with Gasteiger partial charge < -0.3 is 10.2 Å². The molecule has 0 aliphatic carbocycles. The summed E-state index contributed by atoms with van der Waals surface area (Å²) >= 11 is 6.59. The zero-order chi connectivity index (χ0) is 23.5. The van der Waals surface area contributed by atoms with Crippen LogP contribution in [-0.4, -0.2) is 33.3 Å². The summed E-state index contributed by atoms with van der Waals surface area (Å²) in [4.78, 5) is 16.4. The van der Waals surface area contributed by atoms with Crippen LogP contribution in [0.2, 0.25) is 0 Å². The molecule has 0 aliphatic heterocycles. The van der Waals surface area contributed by atoms with E-state index < -0.39 is 17.7 Å². The molecule has 3 rings (SSSR count). The summed E-state index contributed by atoms with van der Waals surface area (Å²) in [5, 5.41) is 21.2. The number of alkyl halides is 3. The van der Waals surface area contributed by atoms with Crippen LogP contribution in [0.3, 0.4) is 0 Å². The molecule has 4 nitrogen and oxygen atoms in total. The molecule has 0 saturated heterocycles. The van der Waals surface area contributed by atoms with Crippen molar-refractivity contribution in [2.45, 2.75) is 19.5 Å². The first-order valence-corrected chi connectivity index (χ1v) is 10.7. The summed E-state index contributed by atoms with van der Waals surface area (Å²) in [7, 11) is 0. The molecule has 0 radical (unpaired) electrons. The number of carbonyl (C=O) groups is 1. The first-order valence-electron chi connectivity index (χ1n) is 9.39. The molecule has 0 amide bonds. The fourth-order valence-electron chi connectivity index (χ4n) is 2.96. The van der Waals surface area contributed by atoms with E-state index in [1.807, 2.05) is 0 Å². The van der Waals surface area contributed by atoms with Gasteiger partial charge in [0.05, 0.1) is 22.5 Å². The Morgan fingerprint density at radius 1 is 1.09 bits per heavy atom. The summed E-state index contributed by atoms with van der Waals surface area (Å²) in [5.74, 6) is -1.03. The molecule has 166 valence electrons. The second kappa shape index (κ2) is 9.62. The topological polar surface area (TPSA) is 69.9 Å². The van der Waals surface area contributed by atoms with Crippen LogP contribution >= 0.6 is 23.6 Å². The number of aromatic hydroxyl groups is 1. The van der Waals surface area contributed by atoms with Crippen molar-refractivity contribution in [3.63, 3.8) is 0 Å². The van der Waals surface area contributed by atoms with Crippen LogP contribution in [0.5, 0.6) is 5.75 Å². The van der Waals surface area contributed by atoms with Crippen LogP contribution in [0.4, 0.5) is 13.2 Å². The zero-order valence-electron chi connectivity index (χ0n) is 16.8. The average molecular weight is 478 g/mol. The highest BCUT2D eigenvalue weighted by Gasteiger charge is 2.30. The number of thiophene rings is 1. The number of hydrogen-bond acceptors (Lipinski definition) is 5. The molecule has 9 heteroatoms. The molecule has 2 aromatic carbocycles. The predicted octanol–water partition coefficient (Wildman–Crippen LogP) is 6.26. The number of aromatic carboxylic acids is 1. The minimum absolute atomic E-state index is 0.0359. The molecule has 0 fully saturated rings. The summed E-state index contributed by atoms with van der Waals surface area (Å²) in [6, 6.07) is 11.1. The average Bonchev–Trinajstić information content (AvgIpc) is 3.13. The Balaban J connectivity index is 1.68. The maximum Gasteiger partial charge on any atom is 0.416 e. The Morgan fingerprint density at radius 2 is 1.72 bits per heavy atom. The van der Waals surface area contributed by atoms with Crippen molar-refractivity contribution in [3.05, 3.63) is 76.2 Å². The van der Waals surface area contributed by atoms with Gasteiger partial charge in [-0.1, -0.05) is 36.5 Å². The van der Waals surface area contributed by atoms with Crippen molar-refractivity contribution in [2.24, 2.45) is 4.99 Å². The largest absolute Gasteiger partial charge is 0.506 e. The van der Waals surface area contributed by atoms with Crippen molar-refractivity contribution < 1.29 is 28.2 Å². The number of thiocarbonyl (C=S) groups is 1. The van der Waals surface area contributed by atoms with Gasteiger partial charge in [-0.15, -0.1) is 11.3 Å². The van der Waals surface area contributed by atoms with E-state index in [2.05, 4.69) is 4.99 Å². The molecule has 0 saturated carbocycles. The van der Waals surface area contributed by atoms with Crippen LogP contribution in [0, 0.1) is 0 Å². The fourth-order valence-corrected chi connectivity index (χ4v) is 4.21. The molecule has 0 unspecified atom stereocenters. The Morgan fingerprint density at radius 3 is 2.28 bits per heavy atom. The molecule has 0 atom stereocenters. The minimum Gasteiger partial charge on any atom is -0.506 e. The summed E-state index contributed by atoms with van der Waals surface area (Å²) < 4.78 is 38.3. The third-order valence-corrected chi connectivity index (χ3v) is 6.02. The standard InChI is InChI=1S/C23H18F3NO3S2/c1-13(27-11-18(31)10-14-2-4-16(5-3-14)22(29)30)19-12-32-21(20(19)28)15-6-8-17(9-7-15)23(24,25)26/h2-9,12,28H,10-11H2,1H3,(H,29,30). The number of rotatable bonds is 7. The zero-order valence-corrected chi connectivity index (χ0v) is 18.4. The molecule has 0 aliphatic rings. The highest BCUT2D eigenvalue weighted by Crippen LogP contribution is 2.40. The van der Waals surface area contributed by atoms with Gasteiger partial charge in [0.1, 0.15) is 5.75 Å². The van der Waals surface area contributed by atoms with Gasteiger partial charge in [-0.2, -0.15) is 13.2 Å². The van der Waals surface area contributed by atoms with E-state index in [0.717, 1.165) is 17.7 Å². The molecular formula is C23H18F3NO3S2. The molecule has 3 aromatic rings. The van der Waals surface area contributed by atoms with E-state index >= 15 is 0 Å². The maximum atomic E-state index is 12.8. The molecule has 2 N–H and O–H groups in total. The SMILES string of the molecule is CC(=NCC(=S)Cc1ccc(C(=O)O)cc1)c1csc(-c2ccc(C(F)(F)F)cc2)c1O. The molecule has 0 spiro atoms. The van der Waals surface area contributed by atoms with Gasteiger partial charge in [0.15, 0.2) is 0 Å². The maximum absolute atomic E-state index is 12.8. The van der Waals surface area contributed by atoms with Crippen molar-refractivity contribution in [1.82, 2.24) is 0 Å². The van der Waals surface area contributed by atoms with E-state index in [0.29, 0.717) is 33.0 Å². The minimum atomic E-state index is -4.42. The molecule has 32 heavy (non-hydrogen) atoms. The summed E-state index contributed by atoms with van der Waals surface area (Å²) in [6.07, 6.45) is -3.96. The van der Waals surface area contributed by atoms with Crippen LogP contribution in [0.1, 0.15) is 34.0 Å². The number of nitrogens with zero attached hydrogens (tertiary/aromatic N) is 1. The van der Waals surface area contributed by atoms with Crippen molar-refractivity contribution in [2.75, 3.05) is 6.54 Å². The number of aliphatic imine (C=N–C) groups is 1. The number of halogens is 3. The van der Waals surface area contributed by atoms with Crippen LogP contribution in [0.15, 0.2) is 58.9 Å². The second-order valence-corrected chi connectivity index (χ2v) is 8.48. The molecular weight excluding hydrogens is 459 g/mol. The van der Waals surface area contributed by atoms with E-state index in [-0.39, 0.29) is 17.9 Å². The van der Waals surface area contributed by atoms with Gasteiger partial charge >= 0.3 is 12.1 Å².